The highest BCUT2D eigenvalue weighted by Crippen LogP contribution is 2.31. The molecule has 3 nitrogen and oxygen atoms in total. The van der Waals surface area contributed by atoms with Gasteiger partial charge in [0.15, 0.2) is 6.61 Å². The maximum Gasteiger partial charge on any atom is 0.174 e. The molecule has 3 heteroatoms. The van der Waals surface area contributed by atoms with Crippen molar-refractivity contribution >= 4 is 5.69 Å². The average molecular weight is 258 g/mol. The molecule has 0 heterocycles. The summed E-state index contributed by atoms with van der Waals surface area (Å²) in [5.41, 5.74) is 1.13. The lowest BCUT2D eigenvalue weighted by Gasteiger charge is -2.33. The molecule has 0 bridgehead atoms. The van der Waals surface area contributed by atoms with E-state index in [4.69, 9.17) is 10.00 Å². The third-order valence-electron chi connectivity index (χ3n) is 3.94. The first-order valence-corrected chi connectivity index (χ1v) is 7.05. The van der Waals surface area contributed by atoms with Gasteiger partial charge in [-0.05, 0) is 55.4 Å². The number of rotatable bonds is 4. The average Bonchev–Trinajstić information content (AvgIpc) is 2.41. The van der Waals surface area contributed by atoms with Gasteiger partial charge in [0, 0.05) is 11.7 Å². The van der Waals surface area contributed by atoms with Crippen LogP contribution in [0.25, 0.3) is 0 Å². The molecule has 0 spiro atoms. The van der Waals surface area contributed by atoms with E-state index < -0.39 is 0 Å². The smallest absolute Gasteiger partial charge is 0.174 e. The molecule has 1 saturated carbocycles. The van der Waals surface area contributed by atoms with Crippen molar-refractivity contribution in [2.45, 2.75) is 39.2 Å². The molecule has 1 aromatic carbocycles. The van der Waals surface area contributed by atoms with Crippen LogP contribution in [0.2, 0.25) is 0 Å². The molecule has 1 aromatic rings. The molecule has 102 valence electrons. The van der Waals surface area contributed by atoms with Crippen molar-refractivity contribution in [3.8, 4) is 11.8 Å². The molecule has 1 fully saturated rings. The first-order valence-electron chi connectivity index (χ1n) is 7.05. The van der Waals surface area contributed by atoms with Crippen molar-refractivity contribution in [2.24, 2.45) is 11.8 Å². The molecule has 19 heavy (non-hydrogen) atoms. The Morgan fingerprint density at radius 3 is 2.63 bits per heavy atom. The molecular formula is C16H22N2O. The summed E-state index contributed by atoms with van der Waals surface area (Å²) in [7, 11) is 0. The zero-order valence-electron chi connectivity index (χ0n) is 11.7. The quantitative estimate of drug-likeness (QED) is 0.892. The van der Waals surface area contributed by atoms with Crippen LogP contribution in [0.4, 0.5) is 5.69 Å². The Morgan fingerprint density at radius 1 is 1.26 bits per heavy atom. The largest absolute Gasteiger partial charge is 0.479 e. The van der Waals surface area contributed by atoms with Gasteiger partial charge in [-0.3, -0.25) is 0 Å². The Morgan fingerprint density at radius 2 is 2.00 bits per heavy atom. The van der Waals surface area contributed by atoms with E-state index in [9.17, 15) is 0 Å². The van der Waals surface area contributed by atoms with Gasteiger partial charge in [0.2, 0.25) is 0 Å². The number of nitrogens with zero attached hydrogens (tertiary/aromatic N) is 1. The zero-order valence-corrected chi connectivity index (χ0v) is 11.7. The number of nitrogens with one attached hydrogen (secondary N) is 1. The van der Waals surface area contributed by atoms with Gasteiger partial charge in [-0.2, -0.15) is 5.26 Å². The topological polar surface area (TPSA) is 45.0 Å². The molecule has 0 aliphatic heterocycles. The molecule has 1 aliphatic rings. The number of anilines is 1. The van der Waals surface area contributed by atoms with Crippen LogP contribution in [0, 0.1) is 23.2 Å². The summed E-state index contributed by atoms with van der Waals surface area (Å²) in [5.74, 6) is 2.32. The van der Waals surface area contributed by atoms with Crippen LogP contribution in [-0.4, -0.2) is 12.6 Å². The Balaban J connectivity index is 1.90. The van der Waals surface area contributed by atoms with Crippen LogP contribution in [0.15, 0.2) is 24.3 Å². The number of ether oxygens (including phenoxy) is 1. The predicted molar refractivity (Wildman–Crippen MR) is 77.1 cm³/mol. The van der Waals surface area contributed by atoms with Crippen molar-refractivity contribution in [1.29, 1.82) is 5.26 Å². The summed E-state index contributed by atoms with van der Waals surface area (Å²) in [4.78, 5) is 0. The summed E-state index contributed by atoms with van der Waals surface area (Å²) in [6, 6.07) is 10.4. The summed E-state index contributed by atoms with van der Waals surface area (Å²) in [6.45, 7) is 4.77. The molecule has 0 radical (unpaired) electrons. The SMILES string of the molecule is CC1CCC(Nc2ccc(OCC#N)cc2)C(C)C1. The number of hydrogen-bond acceptors (Lipinski definition) is 3. The van der Waals surface area contributed by atoms with E-state index in [1.165, 1.54) is 19.3 Å². The fourth-order valence-electron chi connectivity index (χ4n) is 2.86. The predicted octanol–water partition coefficient (Wildman–Crippen LogP) is 3.83. The van der Waals surface area contributed by atoms with Crippen LogP contribution >= 0.6 is 0 Å². The van der Waals surface area contributed by atoms with E-state index in [1.54, 1.807) is 0 Å². The lowest BCUT2D eigenvalue weighted by Crippen LogP contribution is -2.32. The van der Waals surface area contributed by atoms with Crippen molar-refractivity contribution in [3.63, 3.8) is 0 Å². The van der Waals surface area contributed by atoms with Crippen LogP contribution in [-0.2, 0) is 0 Å². The van der Waals surface area contributed by atoms with Gasteiger partial charge in [-0.15, -0.1) is 0 Å². The number of nitriles is 1. The maximum atomic E-state index is 8.46. The van der Waals surface area contributed by atoms with Crippen LogP contribution in [0.5, 0.6) is 5.75 Å². The Bertz CT molecular complexity index is 435. The van der Waals surface area contributed by atoms with E-state index in [2.05, 4.69) is 19.2 Å². The number of benzene rings is 1. The lowest BCUT2D eigenvalue weighted by atomic mass is 9.80. The Hall–Kier alpha value is -1.69. The van der Waals surface area contributed by atoms with Gasteiger partial charge >= 0.3 is 0 Å². The summed E-state index contributed by atoms with van der Waals surface area (Å²) in [5, 5.41) is 12.1. The first kappa shape index (κ1) is 13.7. The van der Waals surface area contributed by atoms with Crippen LogP contribution < -0.4 is 10.1 Å². The minimum atomic E-state index is 0.102. The minimum Gasteiger partial charge on any atom is -0.479 e. The highest BCUT2D eigenvalue weighted by Gasteiger charge is 2.24. The fraction of sp³-hybridized carbons (Fsp3) is 0.562. The van der Waals surface area contributed by atoms with Gasteiger partial charge in [0.1, 0.15) is 11.8 Å². The lowest BCUT2D eigenvalue weighted by molar-refractivity contribution is 0.276. The van der Waals surface area contributed by atoms with E-state index >= 15 is 0 Å². The molecule has 0 saturated heterocycles. The summed E-state index contributed by atoms with van der Waals surface area (Å²) < 4.78 is 5.25. The maximum absolute atomic E-state index is 8.46. The molecule has 1 N–H and O–H groups in total. The monoisotopic (exact) mass is 258 g/mol. The fourth-order valence-corrected chi connectivity index (χ4v) is 2.86. The van der Waals surface area contributed by atoms with E-state index in [1.807, 2.05) is 30.3 Å². The minimum absolute atomic E-state index is 0.102. The van der Waals surface area contributed by atoms with Gasteiger partial charge in [-0.1, -0.05) is 13.8 Å². The third-order valence-corrected chi connectivity index (χ3v) is 3.94. The Labute approximate surface area is 115 Å². The van der Waals surface area contributed by atoms with Crippen molar-refractivity contribution in [1.82, 2.24) is 0 Å². The van der Waals surface area contributed by atoms with E-state index in [0.717, 1.165) is 23.3 Å². The van der Waals surface area contributed by atoms with Gasteiger partial charge < -0.3 is 10.1 Å². The summed E-state index contributed by atoms with van der Waals surface area (Å²) in [6.07, 6.45) is 3.86. The molecule has 0 amide bonds. The van der Waals surface area contributed by atoms with Crippen molar-refractivity contribution in [2.75, 3.05) is 11.9 Å². The molecule has 2 rings (SSSR count). The van der Waals surface area contributed by atoms with Crippen LogP contribution in [0.1, 0.15) is 33.1 Å². The molecule has 1 aliphatic carbocycles. The third kappa shape index (κ3) is 3.89. The standard InChI is InChI=1S/C16H22N2O/c1-12-3-8-16(13(2)11-12)18-14-4-6-15(7-5-14)19-10-9-17/h4-7,12-13,16,18H,3,8,10-11H2,1-2H3. The van der Waals surface area contributed by atoms with Crippen molar-refractivity contribution in [3.05, 3.63) is 24.3 Å². The summed E-state index contributed by atoms with van der Waals surface area (Å²) >= 11 is 0. The number of hydrogen-bond donors (Lipinski definition) is 1. The second-order valence-corrected chi connectivity index (χ2v) is 5.62. The molecule has 3 atom stereocenters. The van der Waals surface area contributed by atoms with E-state index in [-0.39, 0.29) is 6.61 Å². The zero-order chi connectivity index (χ0) is 13.7. The molecular weight excluding hydrogens is 236 g/mol. The highest BCUT2D eigenvalue weighted by atomic mass is 16.5. The highest BCUT2D eigenvalue weighted by molar-refractivity contribution is 5.47. The Kier molecular flexibility index (Phi) is 4.68. The molecule has 3 unspecified atom stereocenters. The molecule has 0 aromatic heterocycles. The van der Waals surface area contributed by atoms with Gasteiger partial charge in [-0.25, -0.2) is 0 Å². The normalized spacial score (nSPS) is 26.5. The van der Waals surface area contributed by atoms with Gasteiger partial charge in [0.05, 0.1) is 0 Å². The van der Waals surface area contributed by atoms with E-state index in [0.29, 0.717) is 6.04 Å². The van der Waals surface area contributed by atoms with Crippen molar-refractivity contribution < 1.29 is 4.74 Å². The van der Waals surface area contributed by atoms with Gasteiger partial charge in [0.25, 0.3) is 0 Å². The second kappa shape index (κ2) is 6.47. The van der Waals surface area contributed by atoms with Crippen LogP contribution in [0.3, 0.4) is 0 Å². The first-order chi connectivity index (χ1) is 9.19. The second-order valence-electron chi connectivity index (χ2n) is 5.62.